The molecule has 0 fully saturated rings. The molecule has 4 rings (SSSR count). The van der Waals surface area contributed by atoms with E-state index in [2.05, 4.69) is 59.8 Å². The number of aryl methyl sites for hydroxylation is 2. The molecule has 1 aliphatic rings. The van der Waals surface area contributed by atoms with Crippen molar-refractivity contribution in [2.45, 2.75) is 26.5 Å². The molecule has 0 amide bonds. The Morgan fingerprint density at radius 3 is 2.86 bits per heavy atom. The maximum absolute atomic E-state index is 6.05. The highest BCUT2D eigenvalue weighted by molar-refractivity contribution is 5.77. The monoisotopic (exact) mass is 278 g/mol. The predicted octanol–water partition coefficient (Wildman–Crippen LogP) is 3.77. The molecule has 0 spiro atoms. The lowest BCUT2D eigenvalue weighted by atomic mass is 10.0. The van der Waals surface area contributed by atoms with Crippen molar-refractivity contribution in [1.29, 1.82) is 0 Å². The van der Waals surface area contributed by atoms with Gasteiger partial charge in [-0.05, 0) is 49.1 Å². The van der Waals surface area contributed by atoms with Crippen molar-refractivity contribution in [1.82, 2.24) is 9.55 Å². The first kappa shape index (κ1) is 12.6. The van der Waals surface area contributed by atoms with Gasteiger partial charge in [-0.25, -0.2) is 4.98 Å². The molecule has 2 heterocycles. The second kappa shape index (κ2) is 4.71. The Morgan fingerprint density at radius 1 is 1.14 bits per heavy atom. The van der Waals surface area contributed by atoms with Crippen molar-refractivity contribution < 1.29 is 4.74 Å². The molecule has 0 saturated heterocycles. The molecule has 3 nitrogen and oxygen atoms in total. The molecule has 106 valence electrons. The number of imidazole rings is 1. The van der Waals surface area contributed by atoms with Gasteiger partial charge in [0.15, 0.2) is 6.23 Å². The maximum Gasteiger partial charge on any atom is 0.161 e. The van der Waals surface area contributed by atoms with Crippen LogP contribution in [0, 0.1) is 13.8 Å². The first-order valence-electron chi connectivity index (χ1n) is 7.37. The van der Waals surface area contributed by atoms with Gasteiger partial charge < -0.3 is 4.74 Å². The summed E-state index contributed by atoms with van der Waals surface area (Å²) in [5.41, 5.74) is 7.36. The summed E-state index contributed by atoms with van der Waals surface area (Å²) in [6.45, 7) is 5.02. The van der Waals surface area contributed by atoms with Crippen molar-refractivity contribution in [3.8, 4) is 0 Å². The highest BCUT2D eigenvalue weighted by atomic mass is 16.5. The molecule has 1 aromatic heterocycles. The fourth-order valence-corrected chi connectivity index (χ4v) is 3.07. The molecular weight excluding hydrogens is 260 g/mol. The Kier molecular flexibility index (Phi) is 2.82. The number of rotatable bonds is 1. The van der Waals surface area contributed by atoms with E-state index in [9.17, 15) is 0 Å². The first-order valence-corrected chi connectivity index (χ1v) is 7.37. The van der Waals surface area contributed by atoms with Gasteiger partial charge >= 0.3 is 0 Å². The summed E-state index contributed by atoms with van der Waals surface area (Å²) in [5, 5.41) is 0. The van der Waals surface area contributed by atoms with E-state index in [1.807, 2.05) is 6.33 Å². The fraction of sp³-hybridized carbons (Fsp3) is 0.278. The molecule has 1 aliphatic heterocycles. The average molecular weight is 278 g/mol. The smallest absolute Gasteiger partial charge is 0.161 e. The highest BCUT2D eigenvalue weighted by Crippen LogP contribution is 2.31. The largest absolute Gasteiger partial charge is 0.353 e. The van der Waals surface area contributed by atoms with Crippen LogP contribution < -0.4 is 0 Å². The van der Waals surface area contributed by atoms with Crippen LogP contribution in [-0.2, 0) is 11.2 Å². The van der Waals surface area contributed by atoms with Crippen LogP contribution in [0.4, 0.5) is 0 Å². The lowest BCUT2D eigenvalue weighted by molar-refractivity contribution is 0.0247. The lowest BCUT2D eigenvalue weighted by Gasteiger charge is -2.27. The minimum Gasteiger partial charge on any atom is -0.353 e. The number of nitrogens with zero attached hydrogens (tertiary/aromatic N) is 2. The molecular formula is C18H18N2O. The normalized spacial score (nSPS) is 17.9. The number of hydrogen-bond donors (Lipinski definition) is 0. The van der Waals surface area contributed by atoms with Crippen LogP contribution in [0.3, 0.4) is 0 Å². The van der Waals surface area contributed by atoms with Gasteiger partial charge in [-0.15, -0.1) is 0 Å². The van der Waals surface area contributed by atoms with Crippen LogP contribution in [0.15, 0.2) is 42.7 Å². The van der Waals surface area contributed by atoms with E-state index >= 15 is 0 Å². The van der Waals surface area contributed by atoms with Crippen LogP contribution >= 0.6 is 0 Å². The van der Waals surface area contributed by atoms with Crippen LogP contribution in [0.25, 0.3) is 11.0 Å². The summed E-state index contributed by atoms with van der Waals surface area (Å²) in [4.78, 5) is 4.55. The molecule has 3 aromatic rings. The van der Waals surface area contributed by atoms with Crippen molar-refractivity contribution in [3.05, 3.63) is 65.0 Å². The Hall–Kier alpha value is -2.13. The topological polar surface area (TPSA) is 27.1 Å². The summed E-state index contributed by atoms with van der Waals surface area (Å²) < 4.78 is 8.20. The van der Waals surface area contributed by atoms with E-state index < -0.39 is 0 Å². The molecule has 2 aromatic carbocycles. The molecule has 21 heavy (non-hydrogen) atoms. The van der Waals surface area contributed by atoms with E-state index in [1.165, 1.54) is 22.3 Å². The van der Waals surface area contributed by atoms with Crippen LogP contribution in [-0.4, -0.2) is 16.2 Å². The van der Waals surface area contributed by atoms with Crippen molar-refractivity contribution in [2.75, 3.05) is 6.61 Å². The van der Waals surface area contributed by atoms with Gasteiger partial charge in [-0.2, -0.15) is 0 Å². The summed E-state index contributed by atoms with van der Waals surface area (Å²) in [7, 11) is 0. The van der Waals surface area contributed by atoms with Crippen LogP contribution in [0.1, 0.15) is 28.5 Å². The van der Waals surface area contributed by atoms with Gasteiger partial charge in [0.1, 0.15) is 0 Å². The average Bonchev–Trinajstić information content (AvgIpc) is 2.90. The molecule has 1 atom stereocenters. The predicted molar refractivity (Wildman–Crippen MR) is 83.4 cm³/mol. The Bertz CT molecular complexity index is 819. The zero-order valence-corrected chi connectivity index (χ0v) is 12.3. The Balaban J connectivity index is 1.90. The Labute approximate surface area is 124 Å². The lowest BCUT2D eigenvalue weighted by Crippen LogP contribution is -2.21. The van der Waals surface area contributed by atoms with Crippen molar-refractivity contribution in [3.63, 3.8) is 0 Å². The molecule has 3 heteroatoms. The SMILES string of the molecule is Cc1cc2ncn(C3OCCc4ccccc43)c2cc1C. The fourth-order valence-electron chi connectivity index (χ4n) is 3.07. The van der Waals surface area contributed by atoms with Gasteiger partial charge in [0.25, 0.3) is 0 Å². The molecule has 0 radical (unpaired) electrons. The summed E-state index contributed by atoms with van der Waals surface area (Å²) >= 11 is 0. The summed E-state index contributed by atoms with van der Waals surface area (Å²) in [6, 6.07) is 12.9. The number of fused-ring (bicyclic) bond motifs is 2. The van der Waals surface area contributed by atoms with Gasteiger partial charge in [0.05, 0.1) is 24.0 Å². The highest BCUT2D eigenvalue weighted by Gasteiger charge is 2.23. The van der Waals surface area contributed by atoms with E-state index in [1.54, 1.807) is 0 Å². The van der Waals surface area contributed by atoms with Crippen LogP contribution in [0.2, 0.25) is 0 Å². The van der Waals surface area contributed by atoms with E-state index in [0.717, 1.165) is 24.1 Å². The number of benzene rings is 2. The third-order valence-corrected chi connectivity index (χ3v) is 4.41. The molecule has 0 bridgehead atoms. The van der Waals surface area contributed by atoms with Crippen molar-refractivity contribution >= 4 is 11.0 Å². The molecule has 0 aliphatic carbocycles. The second-order valence-corrected chi connectivity index (χ2v) is 5.75. The van der Waals surface area contributed by atoms with Crippen molar-refractivity contribution in [2.24, 2.45) is 0 Å². The quantitative estimate of drug-likeness (QED) is 0.677. The summed E-state index contributed by atoms with van der Waals surface area (Å²) in [6.07, 6.45) is 2.82. The van der Waals surface area contributed by atoms with Gasteiger partial charge in [-0.3, -0.25) is 4.57 Å². The third kappa shape index (κ3) is 1.96. The maximum atomic E-state index is 6.05. The summed E-state index contributed by atoms with van der Waals surface area (Å²) in [5.74, 6) is 0. The minimum absolute atomic E-state index is 0.0675. The molecule has 0 saturated carbocycles. The van der Waals surface area contributed by atoms with Gasteiger partial charge in [0.2, 0.25) is 0 Å². The standard InChI is InChI=1S/C18H18N2O/c1-12-9-16-17(10-13(12)2)20(11-19-16)18-15-6-4-3-5-14(15)7-8-21-18/h3-6,9-11,18H,7-8H2,1-2H3. The Morgan fingerprint density at radius 2 is 1.95 bits per heavy atom. The van der Waals surface area contributed by atoms with E-state index in [4.69, 9.17) is 4.74 Å². The number of aromatic nitrogens is 2. The first-order chi connectivity index (χ1) is 10.2. The van der Waals surface area contributed by atoms with Crippen LogP contribution in [0.5, 0.6) is 0 Å². The number of ether oxygens (including phenoxy) is 1. The number of hydrogen-bond acceptors (Lipinski definition) is 2. The van der Waals surface area contributed by atoms with E-state index in [0.29, 0.717) is 0 Å². The van der Waals surface area contributed by atoms with Gasteiger partial charge in [0, 0.05) is 5.56 Å². The molecule has 0 N–H and O–H groups in total. The van der Waals surface area contributed by atoms with E-state index in [-0.39, 0.29) is 6.23 Å². The van der Waals surface area contributed by atoms with Gasteiger partial charge in [-0.1, -0.05) is 24.3 Å². The zero-order valence-electron chi connectivity index (χ0n) is 12.3. The third-order valence-electron chi connectivity index (χ3n) is 4.41. The second-order valence-electron chi connectivity index (χ2n) is 5.75. The minimum atomic E-state index is -0.0675. The zero-order chi connectivity index (χ0) is 14.4. The molecule has 1 unspecified atom stereocenters.